The lowest BCUT2D eigenvalue weighted by Crippen LogP contribution is -2.14. The lowest BCUT2D eigenvalue weighted by atomic mass is 9.93. The molecule has 0 saturated heterocycles. The van der Waals surface area contributed by atoms with Gasteiger partial charge in [0.05, 0.1) is 10.8 Å². The molecule has 1 aromatic heterocycles. The summed E-state index contributed by atoms with van der Waals surface area (Å²) in [6.45, 7) is 1.60. The largest absolute Gasteiger partial charge is 0.318 e. The maximum Gasteiger partial charge on any atom is 0.250 e. The van der Waals surface area contributed by atoms with E-state index in [0.717, 1.165) is 0 Å². The Kier molecular flexibility index (Phi) is 6.05. The number of carbonyl (C=O) groups excluding carboxylic acids is 1. The minimum atomic E-state index is -3.24. The normalized spacial score (nSPS) is 11.4. The van der Waals surface area contributed by atoms with Gasteiger partial charge in [0, 0.05) is 36.2 Å². The van der Waals surface area contributed by atoms with Crippen molar-refractivity contribution in [2.24, 2.45) is 7.05 Å². The Hall–Kier alpha value is -2.70. The monoisotopic (exact) mass is 429 g/mol. The van der Waals surface area contributed by atoms with E-state index < -0.39 is 9.84 Å². The predicted molar refractivity (Wildman–Crippen MR) is 115 cm³/mol. The highest BCUT2D eigenvalue weighted by atomic mass is 35.5. The smallest absolute Gasteiger partial charge is 0.250 e. The molecule has 150 valence electrons. The first kappa shape index (κ1) is 21.0. The molecule has 0 bridgehead atoms. The van der Waals surface area contributed by atoms with Crippen LogP contribution >= 0.6 is 11.6 Å². The molecule has 0 fully saturated rings. The molecular weight excluding hydrogens is 410 g/mol. The molecule has 3 rings (SSSR count). The number of rotatable bonds is 6. The molecule has 0 aliphatic rings. The molecule has 29 heavy (non-hydrogen) atoms. The van der Waals surface area contributed by atoms with Crippen LogP contribution in [0.15, 0.2) is 65.6 Å². The number of aromatic nitrogens is 1. The van der Waals surface area contributed by atoms with Crippen molar-refractivity contribution in [3.8, 4) is 11.1 Å². The zero-order valence-electron chi connectivity index (χ0n) is 16.1. The molecule has 3 aromatic rings. The fourth-order valence-electron chi connectivity index (χ4n) is 3.02. The molecule has 0 amide bonds. The maximum atomic E-state index is 13.2. The minimum absolute atomic E-state index is 0.0302. The van der Waals surface area contributed by atoms with E-state index in [2.05, 4.69) is 0 Å². The summed E-state index contributed by atoms with van der Waals surface area (Å²) in [5.41, 5.74) is 2.32. The van der Waals surface area contributed by atoms with Crippen molar-refractivity contribution >= 4 is 27.2 Å². The standard InChI is InChI=1S/C22H20ClNO4S/c1-3-29(27,28)14-15-8-10-17(22(26)18-6-4-5-7-20(18)23)19(12-15)16-9-11-21(25)24(2)13-16/h4-13H,3,14H2,1-2H3. The first-order valence-corrected chi connectivity index (χ1v) is 11.2. The van der Waals surface area contributed by atoms with Crippen LogP contribution in [0.4, 0.5) is 0 Å². The molecule has 0 radical (unpaired) electrons. The van der Waals surface area contributed by atoms with Gasteiger partial charge < -0.3 is 4.57 Å². The topological polar surface area (TPSA) is 73.2 Å². The first-order valence-electron chi connectivity index (χ1n) is 9.01. The Labute approximate surface area is 174 Å². The van der Waals surface area contributed by atoms with E-state index in [1.165, 1.54) is 10.6 Å². The van der Waals surface area contributed by atoms with Crippen molar-refractivity contribution in [3.63, 3.8) is 0 Å². The van der Waals surface area contributed by atoms with Crippen LogP contribution in [-0.4, -0.2) is 24.5 Å². The van der Waals surface area contributed by atoms with Gasteiger partial charge in [-0.05, 0) is 41.0 Å². The predicted octanol–water partition coefficient (Wildman–Crippen LogP) is 3.87. The van der Waals surface area contributed by atoms with Crippen molar-refractivity contribution in [3.05, 3.63) is 92.9 Å². The SMILES string of the molecule is CCS(=O)(=O)Cc1ccc(C(=O)c2ccccc2Cl)c(-c2ccc(=O)n(C)c2)c1. The fraction of sp³-hybridized carbons (Fsp3) is 0.182. The van der Waals surface area contributed by atoms with Gasteiger partial charge in [0.1, 0.15) is 0 Å². The average molecular weight is 430 g/mol. The van der Waals surface area contributed by atoms with E-state index in [-0.39, 0.29) is 22.8 Å². The molecule has 0 unspecified atom stereocenters. The third-order valence-electron chi connectivity index (χ3n) is 4.67. The van der Waals surface area contributed by atoms with E-state index in [4.69, 9.17) is 11.6 Å². The van der Waals surface area contributed by atoms with E-state index in [1.54, 1.807) is 68.7 Å². The Morgan fingerprint density at radius 2 is 1.76 bits per heavy atom. The summed E-state index contributed by atoms with van der Waals surface area (Å²) in [6.07, 6.45) is 1.62. The molecule has 2 aromatic carbocycles. The summed E-state index contributed by atoms with van der Waals surface area (Å²) in [5.74, 6) is -0.366. The second kappa shape index (κ2) is 8.35. The molecule has 1 heterocycles. The van der Waals surface area contributed by atoms with Gasteiger partial charge in [-0.15, -0.1) is 0 Å². The summed E-state index contributed by atoms with van der Waals surface area (Å²) in [4.78, 5) is 25.0. The minimum Gasteiger partial charge on any atom is -0.318 e. The lowest BCUT2D eigenvalue weighted by molar-refractivity contribution is 0.103. The number of halogens is 1. The highest BCUT2D eigenvalue weighted by molar-refractivity contribution is 7.90. The second-order valence-corrected chi connectivity index (χ2v) is 9.49. The number of ketones is 1. The molecule has 7 heteroatoms. The number of hydrogen-bond donors (Lipinski definition) is 0. The van der Waals surface area contributed by atoms with Crippen molar-refractivity contribution in [2.45, 2.75) is 12.7 Å². The second-order valence-electron chi connectivity index (χ2n) is 6.73. The number of pyridine rings is 1. The summed E-state index contributed by atoms with van der Waals surface area (Å²) in [5, 5.41) is 0.335. The summed E-state index contributed by atoms with van der Waals surface area (Å²) < 4.78 is 25.6. The Morgan fingerprint density at radius 1 is 1.03 bits per heavy atom. The lowest BCUT2D eigenvalue weighted by Gasteiger charge is -2.13. The summed E-state index contributed by atoms with van der Waals surface area (Å²) in [6, 6.07) is 14.7. The number of benzene rings is 2. The number of aryl methyl sites for hydroxylation is 1. The molecule has 0 N–H and O–H groups in total. The molecule has 0 spiro atoms. The molecular formula is C22H20ClNO4S. The average Bonchev–Trinajstić information content (AvgIpc) is 2.69. The van der Waals surface area contributed by atoms with Crippen LogP contribution in [0.1, 0.15) is 28.4 Å². The number of nitrogens with zero attached hydrogens (tertiary/aromatic N) is 1. The molecule has 0 atom stereocenters. The maximum absolute atomic E-state index is 13.2. The molecule has 5 nitrogen and oxygen atoms in total. The van der Waals surface area contributed by atoms with Crippen molar-refractivity contribution in [1.82, 2.24) is 4.57 Å². The zero-order chi connectivity index (χ0) is 21.2. The van der Waals surface area contributed by atoms with Gasteiger partial charge in [-0.1, -0.05) is 42.8 Å². The van der Waals surface area contributed by atoms with Crippen LogP contribution < -0.4 is 5.56 Å². The van der Waals surface area contributed by atoms with Crippen molar-refractivity contribution in [1.29, 1.82) is 0 Å². The molecule has 0 aliphatic carbocycles. The van der Waals surface area contributed by atoms with Gasteiger partial charge >= 0.3 is 0 Å². The fourth-order valence-corrected chi connectivity index (χ4v) is 4.13. The summed E-state index contributed by atoms with van der Waals surface area (Å²) >= 11 is 6.20. The van der Waals surface area contributed by atoms with Gasteiger partial charge in [-0.25, -0.2) is 8.42 Å². The molecule has 0 aliphatic heterocycles. The Bertz CT molecular complexity index is 1250. The first-order chi connectivity index (χ1) is 13.7. The van der Waals surface area contributed by atoms with Crippen LogP contribution in [0.2, 0.25) is 5.02 Å². The zero-order valence-corrected chi connectivity index (χ0v) is 17.6. The number of carbonyl (C=O) groups is 1. The van der Waals surface area contributed by atoms with E-state index >= 15 is 0 Å². The van der Waals surface area contributed by atoms with Gasteiger partial charge in [0.2, 0.25) is 5.56 Å². The highest BCUT2D eigenvalue weighted by Crippen LogP contribution is 2.29. The quantitative estimate of drug-likeness (QED) is 0.557. The van der Waals surface area contributed by atoms with E-state index in [1.807, 2.05) is 0 Å². The third kappa shape index (κ3) is 4.66. The van der Waals surface area contributed by atoms with Gasteiger partial charge in [-0.3, -0.25) is 9.59 Å². The summed E-state index contributed by atoms with van der Waals surface area (Å²) in [7, 11) is -1.62. The number of sulfone groups is 1. The van der Waals surface area contributed by atoms with Crippen LogP contribution in [0.25, 0.3) is 11.1 Å². The number of hydrogen-bond acceptors (Lipinski definition) is 4. The van der Waals surface area contributed by atoms with Crippen molar-refractivity contribution < 1.29 is 13.2 Å². The molecule has 0 saturated carbocycles. The van der Waals surface area contributed by atoms with Crippen LogP contribution in [0.3, 0.4) is 0 Å². The van der Waals surface area contributed by atoms with E-state index in [0.29, 0.717) is 32.8 Å². The van der Waals surface area contributed by atoms with Gasteiger partial charge in [-0.2, -0.15) is 0 Å². The van der Waals surface area contributed by atoms with Crippen LogP contribution in [-0.2, 0) is 22.6 Å². The van der Waals surface area contributed by atoms with E-state index in [9.17, 15) is 18.0 Å². The Balaban J connectivity index is 2.19. The highest BCUT2D eigenvalue weighted by Gasteiger charge is 2.19. The van der Waals surface area contributed by atoms with Gasteiger partial charge in [0.15, 0.2) is 15.6 Å². The van der Waals surface area contributed by atoms with Gasteiger partial charge in [0.25, 0.3) is 0 Å². The van der Waals surface area contributed by atoms with Crippen LogP contribution in [0.5, 0.6) is 0 Å². The van der Waals surface area contributed by atoms with Crippen LogP contribution in [0, 0.1) is 0 Å². The third-order valence-corrected chi connectivity index (χ3v) is 6.65. The van der Waals surface area contributed by atoms with Crippen molar-refractivity contribution in [2.75, 3.05) is 5.75 Å². The Morgan fingerprint density at radius 3 is 2.41 bits per heavy atom.